The lowest BCUT2D eigenvalue weighted by molar-refractivity contribution is -0.384. The van der Waals surface area contributed by atoms with Gasteiger partial charge < -0.3 is 33.9 Å². The lowest BCUT2D eigenvalue weighted by Gasteiger charge is -2.44. The van der Waals surface area contributed by atoms with Crippen molar-refractivity contribution in [3.8, 4) is 0 Å². The van der Waals surface area contributed by atoms with Crippen LogP contribution in [0, 0.1) is 10.1 Å². The molecular formula is C20H27N5O11. The molecule has 2 rings (SSSR count). The monoisotopic (exact) mass is 513 g/mol. The molecule has 1 aromatic rings. The van der Waals surface area contributed by atoms with E-state index in [1.165, 1.54) is 4.90 Å². The van der Waals surface area contributed by atoms with Crippen molar-refractivity contribution in [2.24, 2.45) is 0 Å². The number of nitrogens with zero attached hydrogens (tertiary/aromatic N) is 4. The summed E-state index contributed by atoms with van der Waals surface area (Å²) in [5.74, 6) is -3.31. The van der Waals surface area contributed by atoms with E-state index < -0.39 is 71.7 Å². The number of nitrogens with one attached hydrogen (secondary N) is 1. The lowest BCUT2D eigenvalue weighted by atomic mass is 9.97. The third-order valence-corrected chi connectivity index (χ3v) is 4.62. The van der Waals surface area contributed by atoms with Gasteiger partial charge in [-0.05, 0) is 0 Å². The van der Waals surface area contributed by atoms with Crippen LogP contribution < -0.4 is 10.2 Å². The molecule has 5 atom stereocenters. The van der Waals surface area contributed by atoms with Gasteiger partial charge in [-0.15, -0.1) is 0 Å². The highest BCUT2D eigenvalue weighted by Gasteiger charge is 2.52. The minimum absolute atomic E-state index is 0.105. The number of ether oxygens (including phenoxy) is 5. The molecule has 16 nitrogen and oxygen atoms in total. The Hall–Kier alpha value is -4.08. The van der Waals surface area contributed by atoms with Crippen molar-refractivity contribution in [3.63, 3.8) is 0 Å². The number of hydrogen-bond donors (Lipinski definition) is 1. The summed E-state index contributed by atoms with van der Waals surface area (Å²) in [6.07, 6.45) is -5.99. The number of esters is 4. The molecule has 1 aliphatic rings. The standard InChI is InChI=1S/C20H27N5O11/c1-9(26)32-8-14-15(33-10(2)27)16(34-11(3)28)17(35-12(4)29)19(36-14)22-18-13(25(30)31)7-21-20(23-18)24(5)6/h7,14-17,19H,8H2,1-6H3,(H,21,22,23)/t14-,15-,16+,17-,19-/m1/s1. The first-order chi connectivity index (χ1) is 16.8. The first-order valence-electron chi connectivity index (χ1n) is 10.6. The molecule has 36 heavy (non-hydrogen) atoms. The van der Waals surface area contributed by atoms with Gasteiger partial charge in [0.15, 0.2) is 24.5 Å². The zero-order valence-electron chi connectivity index (χ0n) is 20.5. The number of rotatable bonds is 9. The molecular weight excluding hydrogens is 486 g/mol. The molecule has 0 radical (unpaired) electrons. The molecule has 1 aromatic heterocycles. The summed E-state index contributed by atoms with van der Waals surface area (Å²) in [7, 11) is 3.22. The molecule has 0 saturated carbocycles. The summed E-state index contributed by atoms with van der Waals surface area (Å²) in [5, 5.41) is 14.3. The molecule has 1 aliphatic heterocycles. The number of nitro groups is 1. The fourth-order valence-corrected chi connectivity index (χ4v) is 3.30. The topological polar surface area (TPSA) is 199 Å². The molecule has 0 aliphatic carbocycles. The van der Waals surface area contributed by atoms with Crippen LogP contribution in [0.4, 0.5) is 17.5 Å². The van der Waals surface area contributed by atoms with Gasteiger partial charge in [0.1, 0.15) is 18.9 Å². The van der Waals surface area contributed by atoms with Gasteiger partial charge in [0.2, 0.25) is 11.8 Å². The summed E-state index contributed by atoms with van der Waals surface area (Å²) < 4.78 is 26.8. The summed E-state index contributed by atoms with van der Waals surface area (Å²) >= 11 is 0. The predicted octanol–water partition coefficient (Wildman–Crippen LogP) is -0.0542. The van der Waals surface area contributed by atoms with Crippen molar-refractivity contribution in [2.45, 2.75) is 58.3 Å². The maximum atomic E-state index is 11.9. The molecule has 1 fully saturated rings. The van der Waals surface area contributed by atoms with E-state index in [1.54, 1.807) is 14.1 Å². The van der Waals surface area contributed by atoms with Gasteiger partial charge in [0, 0.05) is 41.8 Å². The number of carbonyl (C=O) groups is 4. The van der Waals surface area contributed by atoms with Gasteiger partial charge >= 0.3 is 29.6 Å². The quantitative estimate of drug-likeness (QED) is 0.199. The van der Waals surface area contributed by atoms with Gasteiger partial charge in [-0.2, -0.15) is 4.98 Å². The molecule has 16 heteroatoms. The first-order valence-corrected chi connectivity index (χ1v) is 10.6. The second-order valence-corrected chi connectivity index (χ2v) is 7.82. The van der Waals surface area contributed by atoms with E-state index in [2.05, 4.69) is 15.3 Å². The maximum Gasteiger partial charge on any atom is 0.329 e. The summed E-state index contributed by atoms with van der Waals surface area (Å²) in [6.45, 7) is 3.92. The molecule has 2 heterocycles. The molecule has 0 spiro atoms. The van der Waals surface area contributed by atoms with Crippen molar-refractivity contribution in [1.29, 1.82) is 0 Å². The zero-order valence-corrected chi connectivity index (χ0v) is 20.5. The fraction of sp³-hybridized carbons (Fsp3) is 0.600. The lowest BCUT2D eigenvalue weighted by Crippen LogP contribution is -2.64. The number of carbonyl (C=O) groups excluding carboxylic acids is 4. The second kappa shape index (κ2) is 12.1. The average molecular weight is 513 g/mol. The van der Waals surface area contributed by atoms with E-state index in [9.17, 15) is 29.3 Å². The fourth-order valence-electron chi connectivity index (χ4n) is 3.30. The van der Waals surface area contributed by atoms with Crippen LogP contribution in [0.25, 0.3) is 0 Å². The minimum atomic E-state index is -1.47. The SMILES string of the molecule is CC(=O)OC[C@H]1O[C@@H](Nc2nc(N(C)C)ncc2[N+](=O)[O-])[C@H](OC(C)=O)[C@@H](OC(C)=O)[C@@H]1OC(C)=O. The average Bonchev–Trinajstić information content (AvgIpc) is 2.75. The Morgan fingerprint density at radius 2 is 1.56 bits per heavy atom. The van der Waals surface area contributed by atoms with Gasteiger partial charge in [-0.25, -0.2) is 4.98 Å². The van der Waals surface area contributed by atoms with Crippen molar-refractivity contribution in [3.05, 3.63) is 16.3 Å². The predicted molar refractivity (Wildman–Crippen MR) is 119 cm³/mol. The zero-order chi connectivity index (χ0) is 27.2. The number of hydrogen-bond acceptors (Lipinski definition) is 15. The van der Waals surface area contributed by atoms with Crippen molar-refractivity contribution >= 4 is 41.3 Å². The summed E-state index contributed by atoms with van der Waals surface area (Å²) in [6, 6.07) is 0. The van der Waals surface area contributed by atoms with E-state index in [1.807, 2.05) is 0 Å². The Labute approximate surface area is 205 Å². The van der Waals surface area contributed by atoms with Crippen LogP contribution in [0.2, 0.25) is 0 Å². The Morgan fingerprint density at radius 3 is 2.06 bits per heavy atom. The van der Waals surface area contributed by atoms with Gasteiger partial charge in [-0.1, -0.05) is 0 Å². The van der Waals surface area contributed by atoms with Crippen LogP contribution in [0.3, 0.4) is 0 Å². The second-order valence-electron chi connectivity index (χ2n) is 7.82. The van der Waals surface area contributed by atoms with E-state index >= 15 is 0 Å². The van der Waals surface area contributed by atoms with Gasteiger partial charge in [-0.3, -0.25) is 29.3 Å². The van der Waals surface area contributed by atoms with Crippen molar-refractivity contribution in [1.82, 2.24) is 9.97 Å². The van der Waals surface area contributed by atoms with Crippen LogP contribution in [-0.4, -0.2) is 90.1 Å². The van der Waals surface area contributed by atoms with E-state index in [0.717, 1.165) is 33.9 Å². The minimum Gasteiger partial charge on any atom is -0.463 e. The highest BCUT2D eigenvalue weighted by molar-refractivity contribution is 5.69. The molecule has 0 aromatic carbocycles. The van der Waals surface area contributed by atoms with Crippen molar-refractivity contribution in [2.75, 3.05) is 30.9 Å². The highest BCUT2D eigenvalue weighted by Crippen LogP contribution is 2.32. The summed E-state index contributed by atoms with van der Waals surface area (Å²) in [4.78, 5) is 67.4. The molecule has 0 amide bonds. The maximum absolute atomic E-state index is 11.9. The van der Waals surface area contributed by atoms with E-state index in [4.69, 9.17) is 23.7 Å². The highest BCUT2D eigenvalue weighted by atomic mass is 16.7. The Kier molecular flexibility index (Phi) is 9.43. The third-order valence-electron chi connectivity index (χ3n) is 4.62. The van der Waals surface area contributed by atoms with Crippen LogP contribution in [0.5, 0.6) is 0 Å². The Balaban J connectivity index is 2.59. The Bertz CT molecular complexity index is 1020. The van der Waals surface area contributed by atoms with Gasteiger partial charge in [0.25, 0.3) is 0 Å². The van der Waals surface area contributed by atoms with E-state index in [0.29, 0.717) is 0 Å². The van der Waals surface area contributed by atoms with Gasteiger partial charge in [0.05, 0.1) is 4.92 Å². The largest absolute Gasteiger partial charge is 0.463 e. The smallest absolute Gasteiger partial charge is 0.329 e. The molecule has 198 valence electrons. The summed E-state index contributed by atoms with van der Waals surface area (Å²) in [5.41, 5.74) is -0.534. The first kappa shape index (κ1) is 28.2. The normalized spacial score (nSPS) is 23.1. The molecule has 0 bridgehead atoms. The third kappa shape index (κ3) is 7.46. The van der Waals surface area contributed by atoms with Crippen molar-refractivity contribution < 1.29 is 47.8 Å². The van der Waals surface area contributed by atoms with Crippen LogP contribution in [0.1, 0.15) is 27.7 Å². The van der Waals surface area contributed by atoms with Crippen LogP contribution in [0.15, 0.2) is 6.20 Å². The molecule has 0 unspecified atom stereocenters. The number of aromatic nitrogens is 2. The number of anilines is 2. The molecule has 1 N–H and O–H groups in total. The Morgan fingerprint density at radius 1 is 1.00 bits per heavy atom. The van der Waals surface area contributed by atoms with Crippen LogP contribution >= 0.6 is 0 Å². The van der Waals surface area contributed by atoms with Crippen LogP contribution in [-0.2, 0) is 42.9 Å². The van der Waals surface area contributed by atoms with E-state index in [-0.39, 0.29) is 11.8 Å². The molecule has 1 saturated heterocycles.